The van der Waals surface area contributed by atoms with Crippen molar-refractivity contribution in [2.24, 2.45) is 20.5 Å². The van der Waals surface area contributed by atoms with Gasteiger partial charge in [-0.25, -0.2) is 16.8 Å². The van der Waals surface area contributed by atoms with E-state index in [-0.39, 0.29) is 105 Å². The van der Waals surface area contributed by atoms with Crippen LogP contribution in [0, 0.1) is 20.2 Å². The molecule has 0 aromatic heterocycles. The van der Waals surface area contributed by atoms with E-state index >= 15 is 0 Å². The van der Waals surface area contributed by atoms with Crippen molar-refractivity contribution in [1.29, 1.82) is 0 Å². The fourth-order valence-electron chi connectivity index (χ4n) is 5.59. The smallest absolute Gasteiger partial charge is 0.744 e. The Kier molecular flexibility index (Phi) is 14.4. The Morgan fingerprint density at radius 1 is 0.544 bits per heavy atom. The van der Waals surface area contributed by atoms with Crippen LogP contribution in [0.2, 0.25) is 0 Å². The first-order valence-corrected chi connectivity index (χ1v) is 19.1. The van der Waals surface area contributed by atoms with Crippen LogP contribution < -0.4 is 0 Å². The van der Waals surface area contributed by atoms with E-state index in [1.807, 2.05) is 0 Å². The number of aromatic hydroxyl groups is 2. The van der Waals surface area contributed by atoms with Crippen LogP contribution in [0.1, 0.15) is 25.0 Å². The van der Waals surface area contributed by atoms with Crippen molar-refractivity contribution in [3.8, 4) is 11.5 Å². The standard InChI is InChI=1S/2C18H15N3O6S.Ba/c2*1-2-11-10-12(21(23)24)6-8-15(11)19-20-18-14-4-3-5-17(28(25,26)27)13(14)7-9-16(18)22;/h2*3-10,22H,2H2,1H3,(H,25,26,27);/q;;+2/p-2. The molecular formula is C36H28BaN6O12S2. The van der Waals surface area contributed by atoms with Crippen LogP contribution in [0.5, 0.6) is 11.5 Å². The Labute approximate surface area is 364 Å². The van der Waals surface area contributed by atoms with Gasteiger partial charge in [-0.3, -0.25) is 20.2 Å². The number of aryl methyl sites for hydroxylation is 2. The van der Waals surface area contributed by atoms with Gasteiger partial charge in [0.25, 0.3) is 11.4 Å². The maximum atomic E-state index is 11.5. The number of benzene rings is 6. The zero-order valence-corrected chi connectivity index (χ0v) is 35.9. The first kappa shape index (κ1) is 44.5. The molecule has 0 heterocycles. The van der Waals surface area contributed by atoms with Gasteiger partial charge in [-0.15, -0.1) is 10.2 Å². The SMILES string of the molecule is CCc1cc([N+](=O)[O-])ccc1N=Nc1c(O)ccc2c(S(=O)(=O)[O-])cccc12.CCc1cc([N+](=O)[O-])ccc1N=Nc1c(O)ccc2c(S(=O)(=O)[O-])cccc12.[Ba+2]. The molecule has 18 nitrogen and oxygen atoms in total. The monoisotopic (exact) mass is 938 g/mol. The van der Waals surface area contributed by atoms with Crippen molar-refractivity contribution in [3.05, 3.63) is 128 Å². The summed E-state index contributed by atoms with van der Waals surface area (Å²) in [6.45, 7) is 3.61. The Balaban J connectivity index is 0.000000248. The third-order valence-corrected chi connectivity index (χ3v) is 10.1. The van der Waals surface area contributed by atoms with Gasteiger partial charge in [0, 0.05) is 45.8 Å². The van der Waals surface area contributed by atoms with Gasteiger partial charge in [0.15, 0.2) is 0 Å². The molecule has 0 aliphatic rings. The summed E-state index contributed by atoms with van der Waals surface area (Å²) in [4.78, 5) is 19.9. The minimum atomic E-state index is -4.72. The fourth-order valence-corrected chi connectivity index (χ4v) is 6.97. The van der Waals surface area contributed by atoms with E-state index in [0.29, 0.717) is 35.3 Å². The molecule has 0 bridgehead atoms. The number of phenols is 2. The molecule has 0 atom stereocenters. The number of hydrogen-bond donors (Lipinski definition) is 2. The number of azo groups is 2. The van der Waals surface area contributed by atoms with Gasteiger partial charge in [0.05, 0.1) is 31.0 Å². The second-order valence-corrected chi connectivity index (χ2v) is 14.4. The molecule has 6 aromatic rings. The van der Waals surface area contributed by atoms with Crippen LogP contribution in [-0.4, -0.2) is 94.9 Å². The molecule has 0 radical (unpaired) electrons. The number of rotatable bonds is 10. The third kappa shape index (κ3) is 10.2. The maximum Gasteiger partial charge on any atom is 2.00 e. The van der Waals surface area contributed by atoms with E-state index in [0.717, 1.165) is 0 Å². The Morgan fingerprint density at radius 2 is 0.912 bits per heavy atom. The third-order valence-electron chi connectivity index (χ3n) is 8.31. The quantitative estimate of drug-likeness (QED) is 0.0431. The summed E-state index contributed by atoms with van der Waals surface area (Å²) in [7, 11) is -9.43. The minimum absolute atomic E-state index is 0. The second kappa shape index (κ2) is 18.4. The van der Waals surface area contributed by atoms with Crippen LogP contribution in [0.15, 0.2) is 127 Å². The number of hydrogen-bond acceptors (Lipinski definition) is 16. The van der Waals surface area contributed by atoms with Crippen molar-refractivity contribution in [2.75, 3.05) is 0 Å². The van der Waals surface area contributed by atoms with Crippen LogP contribution in [0.25, 0.3) is 21.5 Å². The Morgan fingerprint density at radius 3 is 1.23 bits per heavy atom. The van der Waals surface area contributed by atoms with Crippen molar-refractivity contribution in [1.82, 2.24) is 0 Å². The molecule has 0 aliphatic carbocycles. The number of nitro groups is 2. The average molecular weight is 938 g/mol. The number of non-ortho nitro benzene ring substituents is 2. The number of fused-ring (bicyclic) bond motifs is 2. The van der Waals surface area contributed by atoms with Crippen molar-refractivity contribution < 1.29 is 46.0 Å². The van der Waals surface area contributed by atoms with Gasteiger partial charge in [0.1, 0.15) is 43.1 Å². The molecule has 0 amide bonds. The molecular weight excluding hydrogens is 910 g/mol. The molecule has 288 valence electrons. The van der Waals surface area contributed by atoms with Gasteiger partial charge in [0.2, 0.25) is 0 Å². The molecule has 0 saturated carbocycles. The van der Waals surface area contributed by atoms with E-state index in [4.69, 9.17) is 0 Å². The Hall–Kier alpha value is -5.17. The van der Waals surface area contributed by atoms with Crippen LogP contribution in [0.3, 0.4) is 0 Å². The Bertz CT molecular complexity index is 2640. The molecule has 6 aromatic carbocycles. The topological polar surface area (TPSA) is 291 Å². The predicted molar refractivity (Wildman–Crippen MR) is 206 cm³/mol. The summed E-state index contributed by atoms with van der Waals surface area (Å²) in [6, 6.07) is 21.4. The van der Waals surface area contributed by atoms with Gasteiger partial charge < -0.3 is 19.3 Å². The normalized spacial score (nSPS) is 11.7. The van der Waals surface area contributed by atoms with Crippen LogP contribution in [0.4, 0.5) is 34.1 Å². The molecule has 6 rings (SSSR count). The summed E-state index contributed by atoms with van der Waals surface area (Å²) in [6.07, 6.45) is 0.937. The zero-order valence-electron chi connectivity index (χ0n) is 29.8. The van der Waals surface area contributed by atoms with E-state index in [1.165, 1.54) is 97.1 Å². The number of nitro benzene ring substituents is 2. The molecule has 21 heteroatoms. The second-order valence-electron chi connectivity index (χ2n) is 11.7. The van der Waals surface area contributed by atoms with Crippen molar-refractivity contribution in [3.63, 3.8) is 0 Å². The van der Waals surface area contributed by atoms with E-state index in [9.17, 15) is 56.4 Å². The minimum Gasteiger partial charge on any atom is -0.744 e. The first-order valence-electron chi connectivity index (χ1n) is 16.2. The van der Waals surface area contributed by atoms with Gasteiger partial charge in [-0.2, -0.15) is 10.2 Å². The first-order chi connectivity index (χ1) is 26.4. The molecule has 57 heavy (non-hydrogen) atoms. The zero-order chi connectivity index (χ0) is 40.9. The summed E-state index contributed by atoms with van der Waals surface area (Å²) in [5, 5.41) is 59.0. The summed E-state index contributed by atoms with van der Waals surface area (Å²) in [5.74, 6) is -0.506. The van der Waals surface area contributed by atoms with Crippen molar-refractivity contribution >= 4 is 125 Å². The number of nitrogens with zero attached hydrogens (tertiary/aromatic N) is 6. The average Bonchev–Trinajstić information content (AvgIpc) is 3.15. The summed E-state index contributed by atoms with van der Waals surface area (Å²) < 4.78 is 68.8. The van der Waals surface area contributed by atoms with E-state index in [2.05, 4.69) is 20.5 Å². The molecule has 0 spiro atoms. The maximum absolute atomic E-state index is 11.5. The fraction of sp³-hybridized carbons (Fsp3) is 0.111. The van der Waals surface area contributed by atoms with Crippen LogP contribution >= 0.6 is 0 Å². The van der Waals surface area contributed by atoms with Gasteiger partial charge in [-0.1, -0.05) is 38.1 Å². The molecule has 0 aliphatic heterocycles. The molecule has 0 saturated heterocycles. The predicted octanol–water partition coefficient (Wildman–Crippen LogP) is 8.29. The van der Waals surface area contributed by atoms with E-state index in [1.54, 1.807) is 13.8 Å². The molecule has 0 unspecified atom stereocenters. The van der Waals surface area contributed by atoms with Gasteiger partial charge >= 0.3 is 48.9 Å². The summed E-state index contributed by atoms with van der Waals surface area (Å²) in [5.41, 5.74) is 1.74. The molecule has 2 N–H and O–H groups in total. The van der Waals surface area contributed by atoms with E-state index < -0.39 is 39.9 Å². The largest absolute Gasteiger partial charge is 2.00 e. The van der Waals surface area contributed by atoms with Gasteiger partial charge in [-0.05, 0) is 72.5 Å². The molecule has 0 fully saturated rings. The number of phenolic OH excluding ortho intramolecular Hbond substituents is 2. The summed E-state index contributed by atoms with van der Waals surface area (Å²) >= 11 is 0. The van der Waals surface area contributed by atoms with Crippen LogP contribution in [-0.2, 0) is 33.1 Å². The van der Waals surface area contributed by atoms with Crippen molar-refractivity contribution in [2.45, 2.75) is 36.5 Å².